The Morgan fingerprint density at radius 1 is 1.48 bits per heavy atom. The largest absolute Gasteiger partial charge is 0.395 e. The van der Waals surface area contributed by atoms with Crippen LogP contribution in [0, 0.1) is 0 Å². The number of anilines is 1. The molecule has 2 fully saturated rings. The van der Waals surface area contributed by atoms with Crippen molar-refractivity contribution in [1.82, 2.24) is 20.4 Å². The van der Waals surface area contributed by atoms with E-state index in [1.54, 1.807) is 0 Å². The minimum Gasteiger partial charge on any atom is -0.395 e. The Morgan fingerprint density at radius 3 is 2.90 bits per heavy atom. The lowest BCUT2D eigenvalue weighted by Gasteiger charge is -2.33. The number of rotatable bonds is 3. The molecular weight excluding hydrogens is 274 g/mol. The van der Waals surface area contributed by atoms with E-state index in [9.17, 15) is 9.59 Å². The average Bonchev–Trinajstić information content (AvgIpc) is 3.28. The molecule has 114 valence electrons. The molecule has 2 heterocycles. The van der Waals surface area contributed by atoms with Crippen molar-refractivity contribution in [2.75, 3.05) is 32.5 Å². The molecule has 1 aliphatic heterocycles. The Balaban J connectivity index is 1.84. The Kier molecular flexibility index (Phi) is 3.54. The van der Waals surface area contributed by atoms with Gasteiger partial charge in [0.05, 0.1) is 24.6 Å². The summed E-state index contributed by atoms with van der Waals surface area (Å²) in [7, 11) is 1.54. The van der Waals surface area contributed by atoms with Crippen molar-refractivity contribution in [3.8, 4) is 0 Å². The number of amides is 2. The second-order valence-electron chi connectivity index (χ2n) is 5.38. The van der Waals surface area contributed by atoms with Crippen molar-refractivity contribution in [3.05, 3.63) is 11.4 Å². The van der Waals surface area contributed by atoms with Crippen molar-refractivity contribution in [2.45, 2.75) is 24.8 Å². The van der Waals surface area contributed by atoms with Crippen molar-refractivity contribution in [1.29, 1.82) is 0 Å². The maximum absolute atomic E-state index is 12.6. The Bertz CT molecular complexity index is 566. The van der Waals surface area contributed by atoms with E-state index < -0.39 is 6.04 Å². The van der Waals surface area contributed by atoms with Crippen molar-refractivity contribution >= 4 is 17.5 Å². The van der Waals surface area contributed by atoms with E-state index >= 15 is 0 Å². The second-order valence-corrected chi connectivity index (χ2v) is 5.38. The van der Waals surface area contributed by atoms with Crippen LogP contribution in [0.2, 0.25) is 0 Å². The number of nitrogens with one attached hydrogen (secondary N) is 2. The maximum atomic E-state index is 12.6. The molecule has 3 rings (SSSR count). The maximum Gasteiger partial charge on any atom is 0.277 e. The van der Waals surface area contributed by atoms with Gasteiger partial charge in [-0.25, -0.2) is 0 Å². The number of hydrogen-bond donors (Lipinski definition) is 3. The average molecular weight is 293 g/mol. The van der Waals surface area contributed by atoms with Gasteiger partial charge < -0.3 is 20.7 Å². The summed E-state index contributed by atoms with van der Waals surface area (Å²) < 4.78 is 5.29. The van der Waals surface area contributed by atoms with Crippen LogP contribution in [0.5, 0.6) is 0 Å². The van der Waals surface area contributed by atoms with Gasteiger partial charge in [-0.05, 0) is 12.8 Å². The number of hydrogen-bond acceptors (Lipinski definition) is 5. The van der Waals surface area contributed by atoms with Gasteiger partial charge in [0.15, 0.2) is 5.69 Å². The number of nitrogens with zero attached hydrogens (tertiary/aromatic N) is 2. The van der Waals surface area contributed by atoms with Crippen LogP contribution in [0.3, 0.4) is 0 Å². The normalized spacial score (nSPS) is 22.1. The molecule has 1 unspecified atom stereocenters. The Hall–Kier alpha value is -2.09. The zero-order chi connectivity index (χ0) is 15.0. The number of nitrogen functional groups attached to an aromatic ring is 1. The first-order valence-electron chi connectivity index (χ1n) is 7.07. The number of aromatic amines is 1. The lowest BCUT2D eigenvalue weighted by Crippen LogP contribution is -2.55. The van der Waals surface area contributed by atoms with Crippen LogP contribution in [0.4, 0.5) is 5.69 Å². The number of carbonyl (C=O) groups is 2. The molecule has 21 heavy (non-hydrogen) atoms. The third kappa shape index (κ3) is 2.46. The fraction of sp³-hybridized carbons (Fsp3) is 0.615. The standard InChI is InChI=1S/C13H19N5O3/c1-15-12(19)8-6-21-5-4-18(8)13(20)11-9(14)10(16-17-11)7-2-3-7/h7-8H,2-6,14H2,1H3,(H,15,19)(H,16,17). The van der Waals surface area contributed by atoms with Crippen LogP contribution < -0.4 is 11.1 Å². The van der Waals surface area contributed by atoms with Crippen LogP contribution >= 0.6 is 0 Å². The zero-order valence-electron chi connectivity index (χ0n) is 11.9. The third-order valence-electron chi connectivity index (χ3n) is 3.96. The van der Waals surface area contributed by atoms with Crippen LogP contribution in [0.25, 0.3) is 0 Å². The molecule has 1 aromatic rings. The highest BCUT2D eigenvalue weighted by atomic mass is 16.5. The fourth-order valence-corrected chi connectivity index (χ4v) is 2.58. The van der Waals surface area contributed by atoms with Crippen LogP contribution in [-0.4, -0.2) is 59.8 Å². The SMILES string of the molecule is CNC(=O)C1COCCN1C(=O)c1n[nH]c(C2CC2)c1N. The highest BCUT2D eigenvalue weighted by Crippen LogP contribution is 2.42. The van der Waals surface area contributed by atoms with Crippen LogP contribution in [0.15, 0.2) is 0 Å². The van der Waals surface area contributed by atoms with Crippen molar-refractivity contribution in [2.24, 2.45) is 0 Å². The summed E-state index contributed by atoms with van der Waals surface area (Å²) in [5.74, 6) is -0.189. The Morgan fingerprint density at radius 2 is 2.24 bits per heavy atom. The van der Waals surface area contributed by atoms with E-state index in [1.165, 1.54) is 11.9 Å². The molecule has 8 nitrogen and oxygen atoms in total. The second kappa shape index (κ2) is 5.36. The number of carbonyl (C=O) groups excluding carboxylic acids is 2. The molecule has 1 saturated carbocycles. The van der Waals surface area contributed by atoms with E-state index in [1.807, 2.05) is 0 Å². The number of morpholine rings is 1. The molecule has 0 radical (unpaired) electrons. The highest BCUT2D eigenvalue weighted by molar-refractivity contribution is 6.00. The predicted octanol–water partition coefficient (Wildman–Crippen LogP) is -0.544. The van der Waals surface area contributed by atoms with Gasteiger partial charge in [-0.1, -0.05) is 0 Å². The first kappa shape index (κ1) is 13.9. The summed E-state index contributed by atoms with van der Waals surface area (Å²) in [5.41, 5.74) is 7.48. The summed E-state index contributed by atoms with van der Waals surface area (Å²) in [4.78, 5) is 26.0. The first-order valence-corrected chi connectivity index (χ1v) is 7.07. The monoisotopic (exact) mass is 293 g/mol. The fourth-order valence-electron chi connectivity index (χ4n) is 2.58. The molecule has 1 atom stereocenters. The van der Waals surface area contributed by atoms with Gasteiger partial charge in [0.2, 0.25) is 5.91 Å². The molecule has 2 aliphatic rings. The van der Waals surface area contributed by atoms with Gasteiger partial charge in [-0.15, -0.1) is 0 Å². The van der Waals surface area contributed by atoms with Gasteiger partial charge in [0, 0.05) is 19.5 Å². The van der Waals surface area contributed by atoms with Gasteiger partial charge >= 0.3 is 0 Å². The van der Waals surface area contributed by atoms with Gasteiger partial charge in [-0.3, -0.25) is 14.7 Å². The summed E-state index contributed by atoms with van der Waals surface area (Å²) in [5, 5.41) is 9.46. The molecule has 2 amide bonds. The summed E-state index contributed by atoms with van der Waals surface area (Å²) in [6.45, 7) is 0.937. The molecule has 8 heteroatoms. The van der Waals surface area contributed by atoms with Gasteiger partial charge in [0.1, 0.15) is 6.04 Å². The molecule has 0 spiro atoms. The molecule has 4 N–H and O–H groups in total. The minimum absolute atomic E-state index is 0.186. The third-order valence-corrected chi connectivity index (χ3v) is 3.96. The molecule has 0 bridgehead atoms. The number of ether oxygens (including phenoxy) is 1. The van der Waals surface area contributed by atoms with E-state index in [-0.39, 0.29) is 24.1 Å². The number of H-pyrrole nitrogens is 1. The summed E-state index contributed by atoms with van der Waals surface area (Å²) in [6, 6.07) is -0.642. The van der Waals surface area contributed by atoms with Crippen molar-refractivity contribution in [3.63, 3.8) is 0 Å². The predicted molar refractivity (Wildman–Crippen MR) is 74.7 cm³/mol. The van der Waals surface area contributed by atoms with E-state index in [0.29, 0.717) is 24.8 Å². The molecule has 1 aromatic heterocycles. The van der Waals surface area contributed by atoms with Crippen LogP contribution in [0.1, 0.15) is 34.9 Å². The van der Waals surface area contributed by atoms with Gasteiger partial charge in [-0.2, -0.15) is 5.10 Å². The van der Waals surface area contributed by atoms with Crippen molar-refractivity contribution < 1.29 is 14.3 Å². The first-order chi connectivity index (χ1) is 10.1. The van der Waals surface area contributed by atoms with E-state index in [2.05, 4.69) is 15.5 Å². The lowest BCUT2D eigenvalue weighted by molar-refractivity contribution is -0.130. The number of nitrogens with two attached hydrogens (primary N) is 1. The topological polar surface area (TPSA) is 113 Å². The highest BCUT2D eigenvalue weighted by Gasteiger charge is 2.36. The zero-order valence-corrected chi connectivity index (χ0v) is 11.9. The molecular formula is C13H19N5O3. The Labute approximate surface area is 122 Å². The number of aromatic nitrogens is 2. The number of likely N-dealkylation sites (N-methyl/N-ethyl adjacent to an activating group) is 1. The summed E-state index contributed by atoms with van der Waals surface area (Å²) in [6.07, 6.45) is 2.14. The molecule has 0 aromatic carbocycles. The molecule has 1 aliphatic carbocycles. The van der Waals surface area contributed by atoms with E-state index in [4.69, 9.17) is 10.5 Å². The van der Waals surface area contributed by atoms with Gasteiger partial charge in [0.25, 0.3) is 5.91 Å². The van der Waals surface area contributed by atoms with Crippen LogP contribution in [-0.2, 0) is 9.53 Å². The quantitative estimate of drug-likeness (QED) is 0.692. The lowest BCUT2D eigenvalue weighted by atomic mass is 10.1. The minimum atomic E-state index is -0.642. The van der Waals surface area contributed by atoms with E-state index in [0.717, 1.165) is 18.5 Å². The molecule has 1 saturated heterocycles. The smallest absolute Gasteiger partial charge is 0.277 e. The summed E-state index contributed by atoms with van der Waals surface area (Å²) >= 11 is 0.